The van der Waals surface area contributed by atoms with Crippen molar-refractivity contribution in [3.8, 4) is 11.3 Å². The van der Waals surface area contributed by atoms with E-state index in [9.17, 15) is 9.59 Å². The lowest BCUT2D eigenvalue weighted by molar-refractivity contribution is -0.130. The predicted molar refractivity (Wildman–Crippen MR) is 107 cm³/mol. The third kappa shape index (κ3) is 3.96. The number of nitrogens with two attached hydrogens (primary N) is 1. The predicted octanol–water partition coefficient (Wildman–Crippen LogP) is 0.774. The molecular weight excluding hydrogens is 356 g/mol. The van der Waals surface area contributed by atoms with E-state index in [-0.39, 0.29) is 17.5 Å². The second-order valence-corrected chi connectivity index (χ2v) is 7.33. The van der Waals surface area contributed by atoms with Crippen LogP contribution in [-0.4, -0.2) is 58.0 Å². The molecule has 0 atom stereocenters. The maximum Gasteiger partial charge on any atom is 0.271 e. The van der Waals surface area contributed by atoms with Crippen molar-refractivity contribution in [3.63, 3.8) is 0 Å². The summed E-state index contributed by atoms with van der Waals surface area (Å²) >= 11 is 0. The number of nitrogens with one attached hydrogen (secondary N) is 1. The lowest BCUT2D eigenvalue weighted by Crippen LogP contribution is -2.62. The van der Waals surface area contributed by atoms with Crippen molar-refractivity contribution >= 4 is 11.6 Å². The number of amides is 1. The SMILES string of the molecule is NCC=CC(=O)N1CC(N(CC2CC2)c2cc(-c3ccncn3)c[nH]c2=O)C1. The van der Waals surface area contributed by atoms with Gasteiger partial charge in [0.15, 0.2) is 0 Å². The molecule has 3 heterocycles. The maximum atomic E-state index is 12.6. The van der Waals surface area contributed by atoms with Gasteiger partial charge in [0.25, 0.3) is 5.56 Å². The summed E-state index contributed by atoms with van der Waals surface area (Å²) in [6.45, 7) is 2.40. The first-order chi connectivity index (χ1) is 13.7. The van der Waals surface area contributed by atoms with Crippen LogP contribution in [0.1, 0.15) is 12.8 Å². The van der Waals surface area contributed by atoms with Gasteiger partial charge < -0.3 is 20.5 Å². The molecule has 0 aromatic carbocycles. The number of anilines is 1. The summed E-state index contributed by atoms with van der Waals surface area (Å²) in [5.41, 5.74) is 7.54. The van der Waals surface area contributed by atoms with Crippen molar-refractivity contribution in [2.45, 2.75) is 18.9 Å². The Labute approximate surface area is 163 Å². The normalized spacial score (nSPS) is 17.0. The highest BCUT2D eigenvalue weighted by Gasteiger charge is 2.37. The molecule has 8 nitrogen and oxygen atoms in total. The van der Waals surface area contributed by atoms with Crippen molar-refractivity contribution < 1.29 is 4.79 Å². The molecule has 4 rings (SSSR count). The van der Waals surface area contributed by atoms with Gasteiger partial charge in [0.2, 0.25) is 5.91 Å². The van der Waals surface area contributed by atoms with Crippen molar-refractivity contribution in [2.75, 3.05) is 31.1 Å². The minimum absolute atomic E-state index is 0.0308. The van der Waals surface area contributed by atoms with Crippen LogP contribution in [0.4, 0.5) is 5.69 Å². The Hall–Kier alpha value is -3.00. The number of pyridine rings is 1. The molecule has 2 aliphatic rings. The summed E-state index contributed by atoms with van der Waals surface area (Å²) in [6, 6.07) is 3.84. The molecule has 1 saturated carbocycles. The number of hydrogen-bond donors (Lipinski definition) is 2. The Morgan fingerprint density at radius 2 is 2.21 bits per heavy atom. The average molecular weight is 380 g/mol. The first-order valence-electron chi connectivity index (χ1n) is 9.57. The Balaban J connectivity index is 1.56. The molecule has 3 N–H and O–H groups in total. The summed E-state index contributed by atoms with van der Waals surface area (Å²) in [6.07, 6.45) is 10.4. The van der Waals surface area contributed by atoms with Crippen LogP contribution in [0.2, 0.25) is 0 Å². The minimum atomic E-state index is -0.119. The van der Waals surface area contributed by atoms with Crippen LogP contribution in [0.3, 0.4) is 0 Å². The van der Waals surface area contributed by atoms with Crippen molar-refractivity contribution in [1.29, 1.82) is 0 Å². The van der Waals surface area contributed by atoms with E-state index in [0.29, 0.717) is 31.2 Å². The Morgan fingerprint density at radius 3 is 2.89 bits per heavy atom. The van der Waals surface area contributed by atoms with Crippen LogP contribution >= 0.6 is 0 Å². The molecule has 2 aromatic rings. The lowest BCUT2D eigenvalue weighted by Gasteiger charge is -2.46. The molecule has 1 saturated heterocycles. The molecule has 0 bridgehead atoms. The van der Waals surface area contributed by atoms with Crippen LogP contribution in [0.25, 0.3) is 11.3 Å². The molecule has 0 spiro atoms. The summed E-state index contributed by atoms with van der Waals surface area (Å²) in [4.78, 5) is 39.7. The molecule has 1 aliphatic heterocycles. The molecule has 146 valence electrons. The van der Waals surface area contributed by atoms with E-state index >= 15 is 0 Å². The van der Waals surface area contributed by atoms with Gasteiger partial charge in [0.1, 0.15) is 12.0 Å². The van der Waals surface area contributed by atoms with E-state index in [4.69, 9.17) is 5.73 Å². The number of likely N-dealkylation sites (tertiary alicyclic amines) is 1. The maximum absolute atomic E-state index is 12.6. The summed E-state index contributed by atoms with van der Waals surface area (Å²) < 4.78 is 0. The highest BCUT2D eigenvalue weighted by molar-refractivity contribution is 5.88. The van der Waals surface area contributed by atoms with Crippen LogP contribution in [0.5, 0.6) is 0 Å². The fourth-order valence-corrected chi connectivity index (χ4v) is 3.42. The minimum Gasteiger partial charge on any atom is -0.360 e. The quantitative estimate of drug-likeness (QED) is 0.687. The van der Waals surface area contributed by atoms with Gasteiger partial charge in [0, 0.05) is 50.2 Å². The van der Waals surface area contributed by atoms with Crippen molar-refractivity contribution in [1.82, 2.24) is 19.9 Å². The largest absolute Gasteiger partial charge is 0.360 e. The lowest BCUT2D eigenvalue weighted by atomic mass is 10.0. The number of carbonyl (C=O) groups excluding carboxylic acids is 1. The van der Waals surface area contributed by atoms with E-state index in [1.807, 2.05) is 12.1 Å². The zero-order valence-corrected chi connectivity index (χ0v) is 15.6. The molecule has 2 fully saturated rings. The van der Waals surface area contributed by atoms with Gasteiger partial charge >= 0.3 is 0 Å². The van der Waals surface area contributed by atoms with Gasteiger partial charge in [-0.3, -0.25) is 9.59 Å². The fraction of sp³-hybridized carbons (Fsp3) is 0.400. The number of nitrogens with zero attached hydrogens (tertiary/aromatic N) is 4. The molecule has 0 unspecified atom stereocenters. The number of carbonyl (C=O) groups is 1. The molecule has 1 aliphatic carbocycles. The highest BCUT2D eigenvalue weighted by atomic mass is 16.2. The fourth-order valence-electron chi connectivity index (χ4n) is 3.42. The van der Waals surface area contributed by atoms with Crippen molar-refractivity contribution in [3.05, 3.63) is 53.4 Å². The Kier molecular flexibility index (Phi) is 5.21. The van der Waals surface area contributed by atoms with Crippen molar-refractivity contribution in [2.24, 2.45) is 11.7 Å². The molecule has 0 radical (unpaired) electrons. The number of rotatable bonds is 7. The summed E-state index contributed by atoms with van der Waals surface area (Å²) in [7, 11) is 0. The first-order valence-corrected chi connectivity index (χ1v) is 9.57. The average Bonchev–Trinajstić information content (AvgIpc) is 3.50. The second-order valence-electron chi connectivity index (χ2n) is 7.33. The van der Waals surface area contributed by atoms with Gasteiger partial charge in [-0.15, -0.1) is 0 Å². The van der Waals surface area contributed by atoms with E-state index in [1.165, 1.54) is 25.2 Å². The van der Waals surface area contributed by atoms with E-state index in [2.05, 4.69) is 19.9 Å². The first kappa shape index (κ1) is 18.4. The topological polar surface area (TPSA) is 108 Å². The van der Waals surface area contributed by atoms with Crippen LogP contribution in [0.15, 0.2) is 47.8 Å². The van der Waals surface area contributed by atoms with Crippen LogP contribution in [0, 0.1) is 5.92 Å². The highest BCUT2D eigenvalue weighted by Crippen LogP contribution is 2.33. The molecule has 8 heteroatoms. The molecular formula is C20H24N6O2. The number of hydrogen-bond acceptors (Lipinski definition) is 6. The Bertz CT molecular complexity index is 916. The van der Waals surface area contributed by atoms with Gasteiger partial charge in [-0.1, -0.05) is 6.08 Å². The second kappa shape index (κ2) is 7.93. The Morgan fingerprint density at radius 1 is 1.39 bits per heavy atom. The van der Waals surface area contributed by atoms with Gasteiger partial charge in [-0.2, -0.15) is 0 Å². The number of H-pyrrole nitrogens is 1. The van der Waals surface area contributed by atoms with Gasteiger partial charge in [0.05, 0.1) is 11.7 Å². The van der Waals surface area contributed by atoms with E-state index < -0.39 is 0 Å². The number of aromatic amines is 1. The molecule has 2 aromatic heterocycles. The standard InChI is InChI=1S/C20H24N6O2/c21-6-1-2-19(27)25-11-16(12-25)26(10-14-3-4-14)18-8-15(9-23-20(18)28)17-5-7-22-13-24-17/h1-2,5,7-9,13-14,16H,3-4,6,10-12,21H2,(H,23,28). The third-order valence-corrected chi connectivity index (χ3v) is 5.23. The summed E-state index contributed by atoms with van der Waals surface area (Å²) in [5, 5.41) is 0. The zero-order chi connectivity index (χ0) is 19.5. The van der Waals surface area contributed by atoms with Crippen LogP contribution in [-0.2, 0) is 4.79 Å². The summed E-state index contributed by atoms with van der Waals surface area (Å²) in [5.74, 6) is 0.584. The van der Waals surface area contributed by atoms with Gasteiger partial charge in [-0.25, -0.2) is 9.97 Å². The third-order valence-electron chi connectivity index (χ3n) is 5.23. The van der Waals surface area contributed by atoms with Crippen LogP contribution < -0.4 is 16.2 Å². The molecule has 1 amide bonds. The van der Waals surface area contributed by atoms with E-state index in [1.54, 1.807) is 23.4 Å². The molecule has 28 heavy (non-hydrogen) atoms. The smallest absolute Gasteiger partial charge is 0.271 e. The zero-order valence-electron chi connectivity index (χ0n) is 15.6. The van der Waals surface area contributed by atoms with E-state index in [0.717, 1.165) is 17.8 Å². The monoisotopic (exact) mass is 380 g/mol. The van der Waals surface area contributed by atoms with Gasteiger partial charge in [-0.05, 0) is 30.9 Å². The number of aromatic nitrogens is 3.